The van der Waals surface area contributed by atoms with Gasteiger partial charge in [-0.2, -0.15) is 0 Å². The van der Waals surface area contributed by atoms with Gasteiger partial charge in [0.1, 0.15) is 7.05 Å². The van der Waals surface area contributed by atoms with Crippen LogP contribution in [0.5, 0.6) is 0 Å². The third-order valence-corrected chi connectivity index (χ3v) is 9.57. The van der Waals surface area contributed by atoms with E-state index in [1.54, 1.807) is 0 Å². The van der Waals surface area contributed by atoms with Gasteiger partial charge in [-0.1, -0.05) is 49.1 Å². The highest BCUT2D eigenvalue weighted by Crippen LogP contribution is 2.43. The number of benzene rings is 3. The van der Waals surface area contributed by atoms with Crippen LogP contribution in [0.1, 0.15) is 16.7 Å². The van der Waals surface area contributed by atoms with E-state index < -0.39 is 8.07 Å². The Kier molecular flexibility index (Phi) is 3.56. The molecule has 0 saturated heterocycles. The molecule has 3 aromatic carbocycles. The molecule has 0 bridgehead atoms. The van der Waals surface area contributed by atoms with Gasteiger partial charge in [0.05, 0.1) is 35.4 Å². The molecule has 0 aliphatic carbocycles. The summed E-state index contributed by atoms with van der Waals surface area (Å²) in [5.74, 6) is 0. The number of pyridine rings is 2. The van der Waals surface area contributed by atoms with Gasteiger partial charge in [-0.25, -0.2) is 4.57 Å². The summed E-state index contributed by atoms with van der Waals surface area (Å²) in [6, 6.07) is 16.2. The van der Waals surface area contributed by atoms with Gasteiger partial charge in [-0.15, -0.1) is 0 Å². The highest BCUT2D eigenvalue weighted by atomic mass is 28.3. The van der Waals surface area contributed by atoms with E-state index in [1.165, 1.54) is 70.9 Å². The minimum absolute atomic E-state index is 1.32. The van der Waals surface area contributed by atoms with Gasteiger partial charge in [0.2, 0.25) is 5.52 Å². The largest absolute Gasteiger partial charge is 0.307 e. The number of aromatic nitrogens is 2. The molecule has 0 N–H and O–H groups in total. The van der Waals surface area contributed by atoms with Crippen LogP contribution in [0, 0.1) is 20.8 Å². The predicted molar refractivity (Wildman–Crippen MR) is 137 cm³/mol. The lowest BCUT2D eigenvalue weighted by atomic mass is 9.93. The number of aryl methyl sites for hydroxylation is 3. The topological polar surface area (TPSA) is 8.29 Å². The average Bonchev–Trinajstić information content (AvgIpc) is 3.08. The molecule has 154 valence electrons. The van der Waals surface area contributed by atoms with Gasteiger partial charge < -0.3 is 4.40 Å². The van der Waals surface area contributed by atoms with Crippen molar-refractivity contribution >= 4 is 62.3 Å². The summed E-state index contributed by atoms with van der Waals surface area (Å²) >= 11 is 0. The smallest absolute Gasteiger partial charge is 0.224 e. The summed E-state index contributed by atoms with van der Waals surface area (Å²) in [4.78, 5) is 0. The minimum atomic E-state index is -1.48. The van der Waals surface area contributed by atoms with Crippen LogP contribution in [-0.4, -0.2) is 12.5 Å². The maximum atomic E-state index is 2.57. The molecule has 0 fully saturated rings. The monoisotopic (exact) mass is 421 g/mol. The van der Waals surface area contributed by atoms with E-state index in [0.717, 1.165) is 0 Å². The zero-order chi connectivity index (χ0) is 21.8. The third-order valence-electron chi connectivity index (χ3n) is 7.55. The van der Waals surface area contributed by atoms with E-state index in [1.807, 2.05) is 0 Å². The van der Waals surface area contributed by atoms with E-state index >= 15 is 0 Å². The van der Waals surface area contributed by atoms with Crippen LogP contribution in [0.25, 0.3) is 49.0 Å². The van der Waals surface area contributed by atoms with Crippen molar-refractivity contribution in [1.82, 2.24) is 4.40 Å². The fourth-order valence-corrected chi connectivity index (χ4v) is 6.78. The van der Waals surface area contributed by atoms with Gasteiger partial charge in [-0.05, 0) is 55.0 Å². The fourth-order valence-electron chi connectivity index (χ4n) is 5.62. The molecule has 0 radical (unpaired) electrons. The van der Waals surface area contributed by atoms with E-state index in [4.69, 9.17) is 0 Å². The second-order valence-electron chi connectivity index (χ2n) is 10.3. The zero-order valence-corrected chi connectivity index (χ0v) is 20.5. The Balaban J connectivity index is 2.11. The Bertz CT molecular complexity index is 1700. The maximum Gasteiger partial charge on any atom is 0.224 e. The van der Waals surface area contributed by atoms with Crippen molar-refractivity contribution < 1.29 is 4.57 Å². The van der Waals surface area contributed by atoms with Gasteiger partial charge in [-0.3, -0.25) is 0 Å². The molecule has 0 amide bonds. The summed E-state index contributed by atoms with van der Waals surface area (Å²) in [5, 5.41) is 8.43. The van der Waals surface area contributed by atoms with E-state index in [9.17, 15) is 0 Å². The molecule has 6 rings (SSSR count). The Morgan fingerprint density at radius 3 is 2.23 bits per heavy atom. The van der Waals surface area contributed by atoms with Crippen molar-refractivity contribution in [1.29, 1.82) is 0 Å². The second-order valence-corrected chi connectivity index (χ2v) is 15.4. The molecule has 0 saturated carbocycles. The highest BCUT2D eigenvalue weighted by Gasteiger charge is 2.27. The number of hydrogen-bond acceptors (Lipinski definition) is 0. The molecule has 3 aromatic heterocycles. The standard InChI is InChI=1S/C28H29N2Si/c1-16-17(2)24-21-10-8-9-11-22(21)30-23-15-20(31(5,6)7)14-19-12-13-29(4)27(26(19)23)25(18(16)3)28(24)30/h8-15H,1-7H3/q+1. The maximum absolute atomic E-state index is 2.57. The lowest BCUT2D eigenvalue weighted by Gasteiger charge is -2.20. The van der Waals surface area contributed by atoms with Crippen LogP contribution < -0.4 is 9.75 Å². The summed E-state index contributed by atoms with van der Waals surface area (Å²) < 4.78 is 4.90. The van der Waals surface area contributed by atoms with Crippen LogP contribution >= 0.6 is 0 Å². The van der Waals surface area contributed by atoms with Gasteiger partial charge in [0.15, 0.2) is 6.20 Å². The summed E-state index contributed by atoms with van der Waals surface area (Å²) in [6.07, 6.45) is 2.24. The first-order chi connectivity index (χ1) is 14.7. The molecule has 0 atom stereocenters. The molecule has 31 heavy (non-hydrogen) atoms. The Morgan fingerprint density at radius 2 is 1.48 bits per heavy atom. The number of nitrogens with zero attached hydrogens (tertiary/aromatic N) is 2. The van der Waals surface area contributed by atoms with Crippen LogP contribution in [-0.2, 0) is 7.05 Å². The predicted octanol–water partition coefficient (Wildman–Crippen LogP) is 6.28. The molecular weight excluding hydrogens is 392 g/mol. The van der Waals surface area contributed by atoms with Crippen LogP contribution in [0.15, 0.2) is 48.7 Å². The molecule has 0 aliphatic rings. The van der Waals surface area contributed by atoms with Gasteiger partial charge >= 0.3 is 0 Å². The van der Waals surface area contributed by atoms with Crippen LogP contribution in [0.3, 0.4) is 0 Å². The SMILES string of the molecule is Cc1c(C)c2c3ccccc3n3c4cc([Si](C)(C)C)cc5cc[n+](C)c(c(c1C)c23)c54. The molecule has 3 heterocycles. The number of hydrogen-bond donors (Lipinski definition) is 0. The number of rotatable bonds is 1. The summed E-state index contributed by atoms with van der Waals surface area (Å²) in [5.41, 5.74) is 9.62. The normalized spacial score (nSPS) is 13.0. The molecule has 0 unspecified atom stereocenters. The van der Waals surface area contributed by atoms with Crippen molar-refractivity contribution in [2.75, 3.05) is 0 Å². The van der Waals surface area contributed by atoms with E-state index in [-0.39, 0.29) is 0 Å². The van der Waals surface area contributed by atoms with Gasteiger partial charge in [0, 0.05) is 16.8 Å². The van der Waals surface area contributed by atoms with Crippen molar-refractivity contribution in [3.8, 4) is 0 Å². The Labute approximate surface area is 184 Å². The van der Waals surface area contributed by atoms with E-state index in [0.29, 0.717) is 0 Å². The Hall–Kier alpha value is -2.91. The quantitative estimate of drug-likeness (QED) is 0.128. The first-order valence-electron chi connectivity index (χ1n) is 11.2. The number of para-hydroxylation sites is 1. The molecule has 3 heteroatoms. The van der Waals surface area contributed by atoms with Crippen molar-refractivity contribution in [2.45, 2.75) is 40.4 Å². The second kappa shape index (κ2) is 5.86. The number of fused-ring (bicyclic) bond motifs is 5. The molecule has 6 aromatic rings. The highest BCUT2D eigenvalue weighted by molar-refractivity contribution is 6.89. The van der Waals surface area contributed by atoms with Crippen molar-refractivity contribution in [3.05, 3.63) is 65.4 Å². The minimum Gasteiger partial charge on any atom is -0.307 e. The van der Waals surface area contributed by atoms with Crippen LogP contribution in [0.2, 0.25) is 19.6 Å². The molecule has 0 aliphatic heterocycles. The molecule has 0 spiro atoms. The van der Waals surface area contributed by atoms with E-state index in [2.05, 4.69) is 105 Å². The molecule has 2 nitrogen and oxygen atoms in total. The first kappa shape index (κ1) is 18.8. The van der Waals surface area contributed by atoms with Gasteiger partial charge in [0.25, 0.3) is 0 Å². The summed E-state index contributed by atoms with van der Waals surface area (Å²) in [7, 11) is 0.720. The zero-order valence-electron chi connectivity index (χ0n) is 19.5. The van der Waals surface area contributed by atoms with Crippen molar-refractivity contribution in [3.63, 3.8) is 0 Å². The molecular formula is C28H29N2Si+. The van der Waals surface area contributed by atoms with Crippen molar-refractivity contribution in [2.24, 2.45) is 7.05 Å². The third kappa shape index (κ3) is 2.25. The van der Waals surface area contributed by atoms with Crippen LogP contribution in [0.4, 0.5) is 0 Å². The lowest BCUT2D eigenvalue weighted by Crippen LogP contribution is -2.38. The Morgan fingerprint density at radius 1 is 0.774 bits per heavy atom. The average molecular weight is 422 g/mol. The first-order valence-corrected chi connectivity index (χ1v) is 14.7. The lowest BCUT2D eigenvalue weighted by molar-refractivity contribution is -0.643. The fraction of sp³-hybridized carbons (Fsp3) is 0.250. The summed E-state index contributed by atoms with van der Waals surface area (Å²) in [6.45, 7) is 14.2.